The molecule has 2 saturated heterocycles. The summed E-state index contributed by atoms with van der Waals surface area (Å²) in [7, 11) is 0. The second-order valence-electron chi connectivity index (χ2n) is 10.6. The molecule has 0 radical (unpaired) electrons. The van der Waals surface area contributed by atoms with Gasteiger partial charge in [0.1, 0.15) is 17.3 Å². The standard InChI is InChI=1S/C30H26FN3O4S/c1-2-16-11-18(29(35)36)12-25-26(16)32-30(39-25)34-19-9-10-20(34)14-21(13-19)37-15-23-27(22-5-3-4-6-24(22)31)33-38-28(23)17-7-8-17/h1,3-6,11-12,17,19-21H,7-10,13-15H2,(H,35,36). The first-order valence-electron chi connectivity index (χ1n) is 13.3. The zero-order valence-corrected chi connectivity index (χ0v) is 21.9. The Labute approximate surface area is 228 Å². The summed E-state index contributed by atoms with van der Waals surface area (Å²) in [5, 5.41) is 14.6. The van der Waals surface area contributed by atoms with Crippen molar-refractivity contribution < 1.29 is 23.6 Å². The lowest BCUT2D eigenvalue weighted by atomic mass is 10.00. The van der Waals surface area contributed by atoms with Crippen molar-refractivity contribution in [1.82, 2.24) is 10.1 Å². The molecule has 198 valence electrons. The van der Waals surface area contributed by atoms with Crippen LogP contribution in [-0.4, -0.2) is 39.4 Å². The lowest BCUT2D eigenvalue weighted by Crippen LogP contribution is -2.45. The molecule has 7 rings (SSSR count). The van der Waals surface area contributed by atoms with E-state index in [9.17, 15) is 14.3 Å². The molecule has 1 aliphatic carbocycles. The summed E-state index contributed by atoms with van der Waals surface area (Å²) >= 11 is 1.50. The van der Waals surface area contributed by atoms with E-state index in [1.807, 2.05) is 0 Å². The topological polar surface area (TPSA) is 88.7 Å². The Bertz CT molecular complexity index is 1620. The van der Waals surface area contributed by atoms with E-state index in [0.717, 1.165) is 59.7 Å². The second kappa shape index (κ2) is 9.47. The largest absolute Gasteiger partial charge is 0.478 e. The number of carbonyl (C=O) groups is 1. The van der Waals surface area contributed by atoms with Crippen molar-refractivity contribution in [2.75, 3.05) is 4.90 Å². The third kappa shape index (κ3) is 4.28. The molecule has 9 heteroatoms. The van der Waals surface area contributed by atoms with Gasteiger partial charge in [0.25, 0.3) is 0 Å². The van der Waals surface area contributed by atoms with Crippen molar-refractivity contribution >= 4 is 32.7 Å². The van der Waals surface area contributed by atoms with Crippen LogP contribution < -0.4 is 4.90 Å². The number of nitrogens with zero attached hydrogens (tertiary/aromatic N) is 3. The fourth-order valence-corrected chi connectivity index (χ4v) is 7.31. The average Bonchev–Trinajstić information content (AvgIpc) is 3.45. The summed E-state index contributed by atoms with van der Waals surface area (Å²) in [6, 6.07) is 10.4. The van der Waals surface area contributed by atoms with E-state index in [-0.39, 0.29) is 29.6 Å². The minimum absolute atomic E-state index is 0.0587. The molecular formula is C30H26FN3O4S. The molecule has 3 fully saturated rings. The number of fused-ring (bicyclic) bond motifs is 3. The third-order valence-electron chi connectivity index (χ3n) is 8.16. The van der Waals surface area contributed by atoms with Gasteiger partial charge in [0.05, 0.1) is 34.1 Å². The minimum atomic E-state index is -1.00. The molecule has 2 aromatic heterocycles. The van der Waals surface area contributed by atoms with Crippen molar-refractivity contribution in [2.24, 2.45) is 0 Å². The van der Waals surface area contributed by atoms with Crippen LogP contribution in [0.2, 0.25) is 0 Å². The Morgan fingerprint density at radius 3 is 2.67 bits per heavy atom. The van der Waals surface area contributed by atoms with Gasteiger partial charge in [-0.2, -0.15) is 0 Å². The number of benzene rings is 2. The molecule has 2 unspecified atom stereocenters. The van der Waals surface area contributed by atoms with Gasteiger partial charge in [0, 0.05) is 29.1 Å². The van der Waals surface area contributed by atoms with Crippen LogP contribution in [0.15, 0.2) is 40.9 Å². The molecule has 2 aliphatic heterocycles. The lowest BCUT2D eigenvalue weighted by Gasteiger charge is -2.38. The maximum Gasteiger partial charge on any atom is 0.335 e. The van der Waals surface area contributed by atoms with Crippen LogP contribution in [0.3, 0.4) is 0 Å². The van der Waals surface area contributed by atoms with E-state index in [2.05, 4.69) is 16.0 Å². The fourth-order valence-electron chi connectivity index (χ4n) is 6.13. The zero-order chi connectivity index (χ0) is 26.7. The molecule has 1 N–H and O–H groups in total. The lowest BCUT2D eigenvalue weighted by molar-refractivity contribution is 0.0147. The van der Waals surface area contributed by atoms with Gasteiger partial charge in [-0.15, -0.1) is 6.42 Å². The normalized spacial score (nSPS) is 22.4. The van der Waals surface area contributed by atoms with Gasteiger partial charge in [-0.05, 0) is 62.8 Å². The van der Waals surface area contributed by atoms with E-state index >= 15 is 0 Å². The highest BCUT2D eigenvalue weighted by Crippen LogP contribution is 2.46. The number of aromatic carboxylic acids is 1. The molecule has 1 saturated carbocycles. The minimum Gasteiger partial charge on any atom is -0.478 e. The summed E-state index contributed by atoms with van der Waals surface area (Å²) in [4.78, 5) is 18.8. The van der Waals surface area contributed by atoms with Gasteiger partial charge in [-0.25, -0.2) is 14.2 Å². The van der Waals surface area contributed by atoms with Crippen LogP contribution >= 0.6 is 11.3 Å². The number of carboxylic acids is 1. The first kappa shape index (κ1) is 24.3. The van der Waals surface area contributed by atoms with Crippen LogP contribution in [0, 0.1) is 18.2 Å². The quantitative estimate of drug-likeness (QED) is 0.271. The van der Waals surface area contributed by atoms with Gasteiger partial charge >= 0.3 is 5.97 Å². The Morgan fingerprint density at radius 2 is 1.97 bits per heavy atom. The number of ether oxygens (including phenoxy) is 1. The van der Waals surface area contributed by atoms with E-state index in [1.165, 1.54) is 23.5 Å². The molecule has 4 aromatic rings. The van der Waals surface area contributed by atoms with Gasteiger partial charge in [-0.1, -0.05) is 34.5 Å². The van der Waals surface area contributed by atoms with Gasteiger partial charge in [0.15, 0.2) is 5.13 Å². The van der Waals surface area contributed by atoms with Crippen LogP contribution in [0.5, 0.6) is 0 Å². The number of halogens is 1. The molecule has 0 amide bonds. The number of anilines is 1. The maximum atomic E-state index is 14.6. The number of hydrogen-bond donors (Lipinski definition) is 1. The number of terminal acetylenes is 1. The van der Waals surface area contributed by atoms with Gasteiger partial charge in [0.2, 0.25) is 0 Å². The molecular weight excluding hydrogens is 517 g/mol. The van der Waals surface area contributed by atoms with E-state index < -0.39 is 5.97 Å². The third-order valence-corrected chi connectivity index (χ3v) is 9.17. The first-order valence-corrected chi connectivity index (χ1v) is 14.1. The summed E-state index contributed by atoms with van der Waals surface area (Å²) < 4.78 is 27.6. The summed E-state index contributed by atoms with van der Waals surface area (Å²) in [5.41, 5.74) is 3.20. The Balaban J connectivity index is 1.11. The predicted octanol–water partition coefficient (Wildman–Crippen LogP) is 6.36. The first-order chi connectivity index (χ1) is 19.0. The zero-order valence-electron chi connectivity index (χ0n) is 21.1. The predicted molar refractivity (Wildman–Crippen MR) is 145 cm³/mol. The van der Waals surface area contributed by atoms with Crippen molar-refractivity contribution in [1.29, 1.82) is 0 Å². The molecule has 3 aliphatic rings. The Hall–Kier alpha value is -3.74. The number of thiazole rings is 1. The summed E-state index contributed by atoms with van der Waals surface area (Å²) in [6.45, 7) is 0.341. The number of piperidine rings is 1. The second-order valence-corrected chi connectivity index (χ2v) is 11.7. The van der Waals surface area contributed by atoms with Crippen LogP contribution in [0.25, 0.3) is 21.5 Å². The van der Waals surface area contributed by atoms with E-state index in [0.29, 0.717) is 34.9 Å². The van der Waals surface area contributed by atoms with E-state index in [4.69, 9.17) is 20.7 Å². The molecule has 2 bridgehead atoms. The molecule has 7 nitrogen and oxygen atoms in total. The number of rotatable bonds is 7. The van der Waals surface area contributed by atoms with Crippen molar-refractivity contribution in [2.45, 2.75) is 69.2 Å². The highest BCUT2D eigenvalue weighted by Gasteiger charge is 2.43. The molecule has 0 spiro atoms. The fraction of sp³-hybridized carbons (Fsp3) is 0.367. The summed E-state index contributed by atoms with van der Waals surface area (Å²) in [5.74, 6) is 2.44. The van der Waals surface area contributed by atoms with Crippen LogP contribution in [0.4, 0.5) is 9.52 Å². The smallest absolute Gasteiger partial charge is 0.335 e. The molecule has 2 atom stereocenters. The van der Waals surface area contributed by atoms with Gasteiger partial charge < -0.3 is 19.3 Å². The number of hydrogen-bond acceptors (Lipinski definition) is 7. The van der Waals surface area contributed by atoms with E-state index in [1.54, 1.807) is 24.3 Å². The molecule has 2 aromatic carbocycles. The Morgan fingerprint density at radius 1 is 1.21 bits per heavy atom. The Kier molecular flexibility index (Phi) is 5.90. The van der Waals surface area contributed by atoms with Crippen molar-refractivity contribution in [3.05, 3.63) is 64.7 Å². The average molecular weight is 544 g/mol. The molecule has 4 heterocycles. The monoisotopic (exact) mass is 543 g/mol. The van der Waals surface area contributed by atoms with Crippen molar-refractivity contribution in [3.8, 4) is 23.6 Å². The van der Waals surface area contributed by atoms with Crippen LogP contribution in [0.1, 0.15) is 71.7 Å². The van der Waals surface area contributed by atoms with Gasteiger partial charge in [-0.3, -0.25) is 0 Å². The SMILES string of the molecule is C#Cc1cc(C(=O)O)cc2sc(N3C4CCC3CC(OCc3c(-c5ccccc5F)noc3C3CC3)C4)nc12. The van der Waals surface area contributed by atoms with Crippen molar-refractivity contribution in [3.63, 3.8) is 0 Å². The highest BCUT2D eigenvalue weighted by molar-refractivity contribution is 7.22. The number of carboxylic acid groups (broad SMARTS) is 1. The molecule has 39 heavy (non-hydrogen) atoms. The highest BCUT2D eigenvalue weighted by atomic mass is 32.1. The van der Waals surface area contributed by atoms with Crippen LogP contribution in [-0.2, 0) is 11.3 Å². The summed E-state index contributed by atoms with van der Waals surface area (Å²) in [6.07, 6.45) is 11.6. The maximum absolute atomic E-state index is 14.6. The number of aromatic nitrogens is 2.